The van der Waals surface area contributed by atoms with Crippen LogP contribution in [-0.4, -0.2) is 25.5 Å². The van der Waals surface area contributed by atoms with E-state index in [-0.39, 0.29) is 11.7 Å². The Morgan fingerprint density at radius 1 is 1.38 bits per heavy atom. The third-order valence-electron chi connectivity index (χ3n) is 3.65. The molecule has 7 heteroatoms. The molecule has 1 amide bonds. The molecule has 0 fully saturated rings. The van der Waals surface area contributed by atoms with Crippen molar-refractivity contribution < 1.29 is 9.18 Å². The van der Waals surface area contributed by atoms with Crippen LogP contribution in [0.2, 0.25) is 0 Å². The smallest absolute Gasteiger partial charge is 0.249 e. The summed E-state index contributed by atoms with van der Waals surface area (Å²) < 4.78 is 16.5. The maximum atomic E-state index is 13.2. The predicted molar refractivity (Wildman–Crippen MR) is 88.0 cm³/mol. The number of halogens is 1. The lowest BCUT2D eigenvalue weighted by molar-refractivity contribution is -0.119. The molecule has 3 aromatic rings. The van der Waals surface area contributed by atoms with Crippen molar-refractivity contribution in [2.24, 2.45) is 0 Å². The van der Waals surface area contributed by atoms with Crippen molar-refractivity contribution in [3.8, 4) is 0 Å². The standard InChI is InChI=1S/C17H18FN5O/c1-12-6-7-23(21-12)13(2)17(24)20-16-9-19-22(11-16)10-14-4-3-5-15(18)8-14/h3-9,11,13H,10H2,1-2H3,(H,20,24). The maximum absolute atomic E-state index is 13.2. The van der Waals surface area contributed by atoms with Crippen LogP contribution in [0.1, 0.15) is 24.2 Å². The maximum Gasteiger partial charge on any atom is 0.249 e. The number of benzene rings is 1. The van der Waals surface area contributed by atoms with Gasteiger partial charge in [-0.2, -0.15) is 10.2 Å². The van der Waals surface area contributed by atoms with Gasteiger partial charge >= 0.3 is 0 Å². The van der Waals surface area contributed by atoms with Crippen molar-refractivity contribution in [3.05, 3.63) is 66.0 Å². The Hall–Kier alpha value is -2.96. The first kappa shape index (κ1) is 15.9. The fraction of sp³-hybridized carbons (Fsp3) is 0.235. The summed E-state index contributed by atoms with van der Waals surface area (Å²) in [7, 11) is 0. The summed E-state index contributed by atoms with van der Waals surface area (Å²) >= 11 is 0. The predicted octanol–water partition coefficient (Wildman–Crippen LogP) is 2.78. The van der Waals surface area contributed by atoms with Crippen LogP contribution >= 0.6 is 0 Å². The number of aryl methyl sites for hydroxylation is 1. The molecule has 0 saturated carbocycles. The van der Waals surface area contributed by atoms with E-state index in [9.17, 15) is 9.18 Å². The van der Waals surface area contributed by atoms with Crippen molar-refractivity contribution >= 4 is 11.6 Å². The van der Waals surface area contributed by atoms with Crippen LogP contribution in [0, 0.1) is 12.7 Å². The second kappa shape index (κ2) is 6.66. The molecule has 0 bridgehead atoms. The number of hydrogen-bond acceptors (Lipinski definition) is 3. The monoisotopic (exact) mass is 327 g/mol. The largest absolute Gasteiger partial charge is 0.322 e. The first-order chi connectivity index (χ1) is 11.5. The molecule has 0 saturated heterocycles. The van der Waals surface area contributed by atoms with E-state index in [1.165, 1.54) is 12.1 Å². The van der Waals surface area contributed by atoms with E-state index in [0.29, 0.717) is 12.2 Å². The molecule has 1 unspecified atom stereocenters. The first-order valence-electron chi connectivity index (χ1n) is 7.61. The molecular weight excluding hydrogens is 309 g/mol. The molecule has 1 N–H and O–H groups in total. The van der Waals surface area contributed by atoms with Gasteiger partial charge in [0.25, 0.3) is 0 Å². The Bertz CT molecular complexity index is 854. The minimum Gasteiger partial charge on any atom is -0.322 e. The Labute approximate surface area is 138 Å². The lowest BCUT2D eigenvalue weighted by Crippen LogP contribution is -2.23. The van der Waals surface area contributed by atoms with Gasteiger partial charge in [0.15, 0.2) is 0 Å². The molecule has 0 aliphatic rings. The van der Waals surface area contributed by atoms with Gasteiger partial charge in [0.1, 0.15) is 11.9 Å². The van der Waals surface area contributed by atoms with Gasteiger partial charge in [0.05, 0.1) is 24.1 Å². The second-order valence-corrected chi connectivity index (χ2v) is 5.66. The third kappa shape index (κ3) is 3.68. The fourth-order valence-corrected chi connectivity index (χ4v) is 2.35. The summed E-state index contributed by atoms with van der Waals surface area (Å²) in [5, 5.41) is 11.2. The van der Waals surface area contributed by atoms with Crippen LogP contribution in [0.15, 0.2) is 48.9 Å². The Kier molecular flexibility index (Phi) is 4.41. The molecule has 124 valence electrons. The van der Waals surface area contributed by atoms with E-state index in [2.05, 4.69) is 15.5 Å². The van der Waals surface area contributed by atoms with E-state index in [1.807, 2.05) is 19.1 Å². The molecule has 24 heavy (non-hydrogen) atoms. The molecular formula is C17H18FN5O. The normalized spacial score (nSPS) is 12.1. The van der Waals surface area contributed by atoms with Crippen molar-refractivity contribution in [2.75, 3.05) is 5.32 Å². The van der Waals surface area contributed by atoms with Gasteiger partial charge in [-0.25, -0.2) is 4.39 Å². The van der Waals surface area contributed by atoms with Crippen LogP contribution < -0.4 is 5.32 Å². The Morgan fingerprint density at radius 3 is 2.92 bits per heavy atom. The summed E-state index contributed by atoms with van der Waals surface area (Å²) in [5.41, 5.74) is 2.25. The quantitative estimate of drug-likeness (QED) is 0.784. The molecule has 0 spiro atoms. The van der Waals surface area contributed by atoms with Crippen molar-refractivity contribution in [1.82, 2.24) is 19.6 Å². The Balaban J connectivity index is 1.64. The molecule has 3 rings (SSSR count). The SMILES string of the molecule is Cc1ccn(C(C)C(=O)Nc2cnn(Cc3cccc(F)c3)c2)n1. The topological polar surface area (TPSA) is 64.7 Å². The van der Waals surface area contributed by atoms with Gasteiger partial charge in [-0.1, -0.05) is 12.1 Å². The molecule has 2 heterocycles. The van der Waals surface area contributed by atoms with E-state index in [1.54, 1.807) is 40.9 Å². The summed E-state index contributed by atoms with van der Waals surface area (Å²) in [6, 6.07) is 7.76. The van der Waals surface area contributed by atoms with Crippen LogP contribution in [0.25, 0.3) is 0 Å². The van der Waals surface area contributed by atoms with Gasteiger partial charge in [-0.05, 0) is 37.6 Å². The van der Waals surface area contributed by atoms with E-state index >= 15 is 0 Å². The van der Waals surface area contributed by atoms with Gasteiger partial charge < -0.3 is 5.32 Å². The zero-order chi connectivity index (χ0) is 17.1. The highest BCUT2D eigenvalue weighted by molar-refractivity contribution is 5.93. The van der Waals surface area contributed by atoms with Gasteiger partial charge in [-0.15, -0.1) is 0 Å². The van der Waals surface area contributed by atoms with E-state index in [0.717, 1.165) is 11.3 Å². The molecule has 6 nitrogen and oxygen atoms in total. The van der Waals surface area contributed by atoms with Crippen LogP contribution in [0.4, 0.5) is 10.1 Å². The number of nitrogens with one attached hydrogen (secondary N) is 1. The van der Waals surface area contributed by atoms with Crippen LogP contribution in [-0.2, 0) is 11.3 Å². The first-order valence-corrected chi connectivity index (χ1v) is 7.61. The number of aromatic nitrogens is 4. The number of anilines is 1. The highest BCUT2D eigenvalue weighted by Crippen LogP contribution is 2.12. The lowest BCUT2D eigenvalue weighted by Gasteiger charge is -2.11. The second-order valence-electron chi connectivity index (χ2n) is 5.66. The number of rotatable bonds is 5. The average Bonchev–Trinajstić information content (AvgIpc) is 3.16. The summed E-state index contributed by atoms with van der Waals surface area (Å²) in [6.07, 6.45) is 5.05. The minimum absolute atomic E-state index is 0.177. The molecule has 0 aliphatic heterocycles. The number of carbonyl (C=O) groups is 1. The van der Waals surface area contributed by atoms with E-state index in [4.69, 9.17) is 0 Å². The summed E-state index contributed by atoms with van der Waals surface area (Å²) in [5.74, 6) is -0.458. The zero-order valence-corrected chi connectivity index (χ0v) is 13.5. The zero-order valence-electron chi connectivity index (χ0n) is 13.5. The van der Waals surface area contributed by atoms with Crippen molar-refractivity contribution in [1.29, 1.82) is 0 Å². The number of hydrogen-bond donors (Lipinski definition) is 1. The third-order valence-corrected chi connectivity index (χ3v) is 3.65. The highest BCUT2D eigenvalue weighted by atomic mass is 19.1. The number of nitrogens with zero attached hydrogens (tertiary/aromatic N) is 4. The molecule has 0 radical (unpaired) electrons. The molecule has 0 aliphatic carbocycles. The summed E-state index contributed by atoms with van der Waals surface area (Å²) in [4.78, 5) is 12.3. The highest BCUT2D eigenvalue weighted by Gasteiger charge is 2.16. The molecule has 1 aromatic carbocycles. The summed E-state index contributed by atoms with van der Waals surface area (Å²) in [6.45, 7) is 4.08. The Morgan fingerprint density at radius 2 is 2.21 bits per heavy atom. The lowest BCUT2D eigenvalue weighted by atomic mass is 10.2. The molecule has 2 aromatic heterocycles. The molecule has 1 atom stereocenters. The van der Waals surface area contributed by atoms with Crippen molar-refractivity contribution in [2.45, 2.75) is 26.4 Å². The van der Waals surface area contributed by atoms with Gasteiger partial charge in [0, 0.05) is 12.4 Å². The van der Waals surface area contributed by atoms with Crippen molar-refractivity contribution in [3.63, 3.8) is 0 Å². The number of amides is 1. The van der Waals surface area contributed by atoms with Gasteiger partial charge in [-0.3, -0.25) is 14.2 Å². The van der Waals surface area contributed by atoms with E-state index < -0.39 is 6.04 Å². The average molecular weight is 327 g/mol. The fourth-order valence-electron chi connectivity index (χ4n) is 2.35. The number of carbonyl (C=O) groups excluding carboxylic acids is 1. The minimum atomic E-state index is -0.426. The van der Waals surface area contributed by atoms with Crippen LogP contribution in [0.3, 0.4) is 0 Å². The van der Waals surface area contributed by atoms with Crippen LogP contribution in [0.5, 0.6) is 0 Å². The van der Waals surface area contributed by atoms with Gasteiger partial charge in [0.2, 0.25) is 5.91 Å².